The van der Waals surface area contributed by atoms with Crippen molar-refractivity contribution in [2.75, 3.05) is 20.7 Å². The number of aliphatic hydroxyl groups is 1. The number of ketones is 1. The quantitative estimate of drug-likeness (QED) is 0.532. The van der Waals surface area contributed by atoms with E-state index in [1.807, 2.05) is 44.4 Å². The zero-order valence-electron chi connectivity index (χ0n) is 14.6. The molecule has 1 aromatic carbocycles. The van der Waals surface area contributed by atoms with Crippen LogP contribution in [0.15, 0.2) is 54.4 Å². The summed E-state index contributed by atoms with van der Waals surface area (Å²) in [7, 11) is 3.68. The summed E-state index contributed by atoms with van der Waals surface area (Å²) in [6, 6.07) is 10.2. The van der Waals surface area contributed by atoms with Gasteiger partial charge in [0.1, 0.15) is 5.69 Å². The number of rotatable bonds is 7. The van der Waals surface area contributed by atoms with Gasteiger partial charge in [-0.25, -0.2) is 0 Å². The van der Waals surface area contributed by atoms with Crippen LogP contribution in [0.2, 0.25) is 0 Å². The molecule has 0 saturated carbocycles. The SMILES string of the molecule is C/C(=C\N(C)C)C(=O)c1c[nH]c(C(=O)NC(CO)c2ccccc2)c1. The smallest absolute Gasteiger partial charge is 0.268 e. The lowest BCUT2D eigenvalue weighted by molar-refractivity contribution is 0.0911. The Bertz CT molecular complexity index is 763. The molecule has 0 radical (unpaired) electrons. The van der Waals surface area contributed by atoms with Crippen LogP contribution in [0, 0.1) is 0 Å². The maximum atomic E-state index is 12.4. The first kappa shape index (κ1) is 18.5. The van der Waals surface area contributed by atoms with Crippen molar-refractivity contribution in [3.8, 4) is 0 Å². The minimum absolute atomic E-state index is 0.147. The Morgan fingerprint density at radius 1 is 1.28 bits per heavy atom. The second-order valence-electron chi connectivity index (χ2n) is 6.03. The lowest BCUT2D eigenvalue weighted by Gasteiger charge is -2.16. The molecule has 6 heteroatoms. The standard InChI is InChI=1S/C19H23N3O3/c1-13(11-22(2)3)18(24)15-9-16(20-10-15)19(25)21-17(12-23)14-7-5-4-6-8-14/h4-11,17,20,23H,12H2,1-3H3,(H,21,25)/b13-11+. The maximum Gasteiger partial charge on any atom is 0.268 e. The van der Waals surface area contributed by atoms with Gasteiger partial charge in [-0.05, 0) is 18.6 Å². The second-order valence-corrected chi connectivity index (χ2v) is 6.03. The molecule has 0 aliphatic heterocycles. The van der Waals surface area contributed by atoms with Gasteiger partial charge in [0.15, 0.2) is 5.78 Å². The first-order valence-corrected chi connectivity index (χ1v) is 7.97. The number of H-pyrrole nitrogens is 1. The van der Waals surface area contributed by atoms with E-state index in [0.717, 1.165) is 5.56 Å². The van der Waals surface area contributed by atoms with E-state index in [4.69, 9.17) is 0 Å². The third-order valence-corrected chi connectivity index (χ3v) is 3.69. The summed E-state index contributed by atoms with van der Waals surface area (Å²) in [5, 5.41) is 12.3. The van der Waals surface area contributed by atoms with Crippen molar-refractivity contribution in [1.29, 1.82) is 0 Å². The van der Waals surface area contributed by atoms with E-state index >= 15 is 0 Å². The van der Waals surface area contributed by atoms with Crippen LogP contribution in [0.4, 0.5) is 0 Å². The van der Waals surface area contributed by atoms with Gasteiger partial charge in [0, 0.05) is 37.6 Å². The third kappa shape index (κ3) is 4.81. The normalized spacial score (nSPS) is 12.6. The molecule has 25 heavy (non-hydrogen) atoms. The molecule has 0 spiro atoms. The van der Waals surface area contributed by atoms with Crippen molar-refractivity contribution in [2.45, 2.75) is 13.0 Å². The van der Waals surface area contributed by atoms with Crippen molar-refractivity contribution < 1.29 is 14.7 Å². The number of nitrogens with one attached hydrogen (secondary N) is 2. The van der Waals surface area contributed by atoms with E-state index in [1.54, 1.807) is 18.0 Å². The van der Waals surface area contributed by atoms with Crippen LogP contribution in [-0.2, 0) is 0 Å². The molecule has 0 fully saturated rings. The maximum absolute atomic E-state index is 12.4. The average molecular weight is 341 g/mol. The number of aromatic amines is 1. The molecule has 132 valence electrons. The summed E-state index contributed by atoms with van der Waals surface area (Å²) in [6.45, 7) is 1.51. The van der Waals surface area contributed by atoms with Gasteiger partial charge < -0.3 is 20.3 Å². The second kappa shape index (κ2) is 8.30. The van der Waals surface area contributed by atoms with E-state index in [-0.39, 0.29) is 24.0 Å². The van der Waals surface area contributed by atoms with Crippen molar-refractivity contribution in [3.05, 3.63) is 71.2 Å². The summed E-state index contributed by atoms with van der Waals surface area (Å²) in [4.78, 5) is 29.3. The highest BCUT2D eigenvalue weighted by Gasteiger charge is 2.18. The molecule has 0 saturated heterocycles. The number of hydrogen-bond donors (Lipinski definition) is 3. The third-order valence-electron chi connectivity index (χ3n) is 3.69. The van der Waals surface area contributed by atoms with E-state index in [9.17, 15) is 14.7 Å². The molecule has 3 N–H and O–H groups in total. The Labute approximate surface area is 147 Å². The van der Waals surface area contributed by atoms with Crippen molar-refractivity contribution in [3.63, 3.8) is 0 Å². The Morgan fingerprint density at radius 3 is 2.56 bits per heavy atom. The van der Waals surface area contributed by atoms with Gasteiger partial charge in [-0.1, -0.05) is 30.3 Å². The molecular weight excluding hydrogens is 318 g/mol. The van der Waals surface area contributed by atoms with E-state index in [2.05, 4.69) is 10.3 Å². The largest absolute Gasteiger partial charge is 0.394 e. The number of hydrogen-bond acceptors (Lipinski definition) is 4. The summed E-state index contributed by atoms with van der Waals surface area (Å²) < 4.78 is 0. The predicted molar refractivity (Wildman–Crippen MR) is 96.3 cm³/mol. The van der Waals surface area contributed by atoms with Crippen molar-refractivity contribution in [1.82, 2.24) is 15.2 Å². The minimum atomic E-state index is -0.508. The van der Waals surface area contributed by atoms with Crippen LogP contribution < -0.4 is 5.32 Å². The number of carbonyl (C=O) groups excluding carboxylic acids is 2. The zero-order chi connectivity index (χ0) is 18.4. The molecule has 0 aliphatic rings. The highest BCUT2D eigenvalue weighted by molar-refractivity contribution is 6.09. The molecule has 2 rings (SSSR count). The summed E-state index contributed by atoms with van der Waals surface area (Å²) in [5.41, 5.74) is 2.08. The molecule has 1 atom stereocenters. The highest BCUT2D eigenvalue weighted by Crippen LogP contribution is 2.14. The molecular formula is C19H23N3O3. The number of Topliss-reactive ketones (excluding diaryl/α,β-unsaturated/α-hetero) is 1. The van der Waals surface area contributed by atoms with Crippen LogP contribution in [0.5, 0.6) is 0 Å². The van der Waals surface area contributed by atoms with Gasteiger partial charge >= 0.3 is 0 Å². The van der Waals surface area contributed by atoms with Crippen molar-refractivity contribution >= 4 is 11.7 Å². The van der Waals surface area contributed by atoms with Gasteiger partial charge in [-0.15, -0.1) is 0 Å². The first-order valence-electron chi connectivity index (χ1n) is 7.97. The summed E-state index contributed by atoms with van der Waals surface area (Å²) in [5.74, 6) is -0.526. The molecule has 0 aliphatic carbocycles. The van der Waals surface area contributed by atoms with Crippen molar-refractivity contribution in [2.24, 2.45) is 0 Å². The molecule has 1 amide bonds. The van der Waals surface area contributed by atoms with Crippen LogP contribution in [0.3, 0.4) is 0 Å². The zero-order valence-corrected chi connectivity index (χ0v) is 14.6. The molecule has 1 unspecified atom stereocenters. The molecule has 1 heterocycles. The van der Waals surface area contributed by atoms with Gasteiger partial charge in [0.05, 0.1) is 12.6 Å². The molecule has 1 aromatic heterocycles. The number of amides is 1. The monoisotopic (exact) mass is 341 g/mol. The fourth-order valence-corrected chi connectivity index (χ4v) is 2.49. The number of allylic oxidation sites excluding steroid dienone is 1. The topological polar surface area (TPSA) is 85.4 Å². The number of nitrogens with zero attached hydrogens (tertiary/aromatic N) is 1. The van der Waals surface area contributed by atoms with Gasteiger partial charge in [-0.3, -0.25) is 9.59 Å². The molecule has 0 bridgehead atoms. The van der Waals surface area contributed by atoms with Crippen LogP contribution in [0.25, 0.3) is 0 Å². The van der Waals surface area contributed by atoms with E-state index < -0.39 is 6.04 Å². The van der Waals surface area contributed by atoms with Gasteiger partial charge in [0.2, 0.25) is 0 Å². The Hall–Kier alpha value is -2.86. The highest BCUT2D eigenvalue weighted by atomic mass is 16.3. The first-order chi connectivity index (χ1) is 11.9. The molecule has 2 aromatic rings. The average Bonchev–Trinajstić information content (AvgIpc) is 3.09. The fourth-order valence-electron chi connectivity index (χ4n) is 2.49. The van der Waals surface area contributed by atoms with Gasteiger partial charge in [-0.2, -0.15) is 0 Å². The van der Waals surface area contributed by atoms with Crippen LogP contribution >= 0.6 is 0 Å². The lowest BCUT2D eigenvalue weighted by atomic mass is 10.1. The number of benzene rings is 1. The Morgan fingerprint density at radius 2 is 1.96 bits per heavy atom. The number of carbonyl (C=O) groups is 2. The predicted octanol–water partition coefficient (Wildman–Crippen LogP) is 2.13. The van der Waals surface area contributed by atoms with E-state index in [0.29, 0.717) is 11.1 Å². The van der Waals surface area contributed by atoms with Gasteiger partial charge in [0.25, 0.3) is 5.91 Å². The Kier molecular flexibility index (Phi) is 6.14. The summed E-state index contributed by atoms with van der Waals surface area (Å²) >= 11 is 0. The summed E-state index contributed by atoms with van der Waals surface area (Å²) in [6.07, 6.45) is 3.24. The molecule has 6 nitrogen and oxygen atoms in total. The lowest BCUT2D eigenvalue weighted by Crippen LogP contribution is -2.31. The van der Waals surface area contributed by atoms with Crippen LogP contribution in [0.1, 0.15) is 39.4 Å². The fraction of sp³-hybridized carbons (Fsp3) is 0.263. The minimum Gasteiger partial charge on any atom is -0.394 e. The Balaban J connectivity index is 2.11. The van der Waals surface area contributed by atoms with Crippen LogP contribution in [-0.4, -0.2) is 47.4 Å². The number of aromatic nitrogens is 1. The number of aliphatic hydroxyl groups excluding tert-OH is 1. The van der Waals surface area contributed by atoms with E-state index in [1.165, 1.54) is 12.3 Å².